The molecule has 0 spiro atoms. The average Bonchev–Trinajstić information content (AvgIpc) is 2.30. The number of rotatable bonds is 2. The number of aliphatic hydroxyl groups excluding tert-OH is 1. The number of ether oxygens (including phenoxy) is 1. The molecular formula is C12H14F2O2. The summed E-state index contributed by atoms with van der Waals surface area (Å²) in [5.74, 6) is -1.49. The summed E-state index contributed by atoms with van der Waals surface area (Å²) < 4.78 is 32.0. The van der Waals surface area contributed by atoms with E-state index in [9.17, 15) is 13.9 Å². The molecule has 1 fully saturated rings. The fourth-order valence-electron chi connectivity index (χ4n) is 2.06. The second kappa shape index (κ2) is 4.89. The first-order valence-corrected chi connectivity index (χ1v) is 5.40. The Morgan fingerprint density at radius 1 is 1.19 bits per heavy atom. The number of hydrogen-bond acceptors (Lipinski definition) is 2. The first-order chi connectivity index (χ1) is 7.70. The number of benzene rings is 1. The van der Waals surface area contributed by atoms with E-state index < -0.39 is 17.7 Å². The van der Waals surface area contributed by atoms with E-state index in [0.717, 1.165) is 0 Å². The van der Waals surface area contributed by atoms with E-state index in [4.69, 9.17) is 4.74 Å². The van der Waals surface area contributed by atoms with Crippen LogP contribution in [-0.2, 0) is 4.74 Å². The highest BCUT2D eigenvalue weighted by atomic mass is 19.1. The van der Waals surface area contributed by atoms with E-state index in [1.165, 1.54) is 18.2 Å². The topological polar surface area (TPSA) is 29.5 Å². The summed E-state index contributed by atoms with van der Waals surface area (Å²) in [5.41, 5.74) is -0.214. The van der Waals surface area contributed by atoms with Crippen molar-refractivity contribution < 1.29 is 18.6 Å². The molecule has 1 N–H and O–H groups in total. The fourth-order valence-corrected chi connectivity index (χ4v) is 2.06. The fraction of sp³-hybridized carbons (Fsp3) is 0.500. The monoisotopic (exact) mass is 228 g/mol. The SMILES string of the molecule is OC(c1c(F)cccc1F)C1CCOCC1. The van der Waals surface area contributed by atoms with Crippen molar-refractivity contribution in [1.29, 1.82) is 0 Å². The van der Waals surface area contributed by atoms with Gasteiger partial charge in [-0.2, -0.15) is 0 Å². The quantitative estimate of drug-likeness (QED) is 0.842. The van der Waals surface area contributed by atoms with Crippen LogP contribution in [0.1, 0.15) is 24.5 Å². The van der Waals surface area contributed by atoms with Crippen molar-refractivity contribution >= 4 is 0 Å². The Morgan fingerprint density at radius 2 is 1.75 bits per heavy atom. The summed E-state index contributed by atoms with van der Waals surface area (Å²) in [6.45, 7) is 1.08. The van der Waals surface area contributed by atoms with Crippen molar-refractivity contribution in [3.05, 3.63) is 35.4 Å². The summed E-state index contributed by atoms with van der Waals surface area (Å²) in [6, 6.07) is 3.63. The lowest BCUT2D eigenvalue weighted by Gasteiger charge is -2.27. The smallest absolute Gasteiger partial charge is 0.131 e. The van der Waals surface area contributed by atoms with Crippen LogP contribution in [0.15, 0.2) is 18.2 Å². The lowest BCUT2D eigenvalue weighted by atomic mass is 9.89. The molecule has 4 heteroatoms. The average molecular weight is 228 g/mol. The predicted octanol–water partition coefficient (Wildman–Crippen LogP) is 2.42. The summed E-state index contributed by atoms with van der Waals surface area (Å²) in [6.07, 6.45) is 0.189. The second-order valence-corrected chi connectivity index (χ2v) is 4.03. The maximum atomic E-state index is 13.4. The molecule has 1 heterocycles. The van der Waals surface area contributed by atoms with Gasteiger partial charge in [0, 0.05) is 13.2 Å². The Morgan fingerprint density at radius 3 is 2.31 bits per heavy atom. The Bertz CT molecular complexity index is 342. The highest BCUT2D eigenvalue weighted by Crippen LogP contribution is 2.32. The van der Waals surface area contributed by atoms with Crippen molar-refractivity contribution in [2.45, 2.75) is 18.9 Å². The molecule has 0 amide bonds. The Hall–Kier alpha value is -1.00. The van der Waals surface area contributed by atoms with Gasteiger partial charge in [-0.05, 0) is 30.9 Å². The van der Waals surface area contributed by atoms with E-state index >= 15 is 0 Å². The van der Waals surface area contributed by atoms with Gasteiger partial charge >= 0.3 is 0 Å². The molecule has 0 radical (unpaired) electrons. The van der Waals surface area contributed by atoms with Crippen molar-refractivity contribution in [3.8, 4) is 0 Å². The molecule has 2 rings (SSSR count). The standard InChI is InChI=1S/C12H14F2O2/c13-9-2-1-3-10(14)11(9)12(15)8-4-6-16-7-5-8/h1-3,8,12,15H,4-7H2. The van der Waals surface area contributed by atoms with Gasteiger partial charge in [0.1, 0.15) is 11.6 Å². The van der Waals surface area contributed by atoms with Gasteiger partial charge in [-0.1, -0.05) is 6.07 Å². The van der Waals surface area contributed by atoms with Crippen LogP contribution >= 0.6 is 0 Å². The number of aliphatic hydroxyl groups is 1. The minimum atomic E-state index is -1.08. The van der Waals surface area contributed by atoms with Crippen LogP contribution in [0.25, 0.3) is 0 Å². The first-order valence-electron chi connectivity index (χ1n) is 5.40. The third kappa shape index (κ3) is 2.23. The summed E-state index contributed by atoms with van der Waals surface area (Å²) >= 11 is 0. The van der Waals surface area contributed by atoms with Gasteiger partial charge in [0.15, 0.2) is 0 Å². The Labute approximate surface area is 92.9 Å². The molecule has 1 saturated heterocycles. The normalized spacial score (nSPS) is 19.7. The van der Waals surface area contributed by atoms with Gasteiger partial charge in [0.2, 0.25) is 0 Å². The number of hydrogen-bond donors (Lipinski definition) is 1. The van der Waals surface area contributed by atoms with Crippen molar-refractivity contribution in [3.63, 3.8) is 0 Å². The molecule has 2 nitrogen and oxygen atoms in total. The van der Waals surface area contributed by atoms with Gasteiger partial charge in [0.05, 0.1) is 11.7 Å². The lowest BCUT2D eigenvalue weighted by molar-refractivity contribution is 0.00450. The van der Waals surface area contributed by atoms with E-state index in [1.807, 2.05) is 0 Å². The molecule has 1 unspecified atom stereocenters. The molecule has 1 aliphatic heterocycles. The molecule has 88 valence electrons. The number of halogens is 2. The maximum absolute atomic E-state index is 13.4. The minimum absolute atomic E-state index is 0.125. The predicted molar refractivity (Wildman–Crippen MR) is 54.9 cm³/mol. The van der Waals surface area contributed by atoms with Crippen molar-refractivity contribution in [2.75, 3.05) is 13.2 Å². The molecule has 1 aliphatic rings. The first kappa shape index (κ1) is 11.5. The van der Waals surface area contributed by atoms with E-state index in [-0.39, 0.29) is 11.5 Å². The van der Waals surface area contributed by atoms with Gasteiger partial charge in [-0.25, -0.2) is 8.78 Å². The molecular weight excluding hydrogens is 214 g/mol. The van der Waals surface area contributed by atoms with Gasteiger partial charge in [0.25, 0.3) is 0 Å². The van der Waals surface area contributed by atoms with Crippen LogP contribution in [0.2, 0.25) is 0 Å². The molecule has 16 heavy (non-hydrogen) atoms. The molecule has 0 aliphatic carbocycles. The minimum Gasteiger partial charge on any atom is -0.388 e. The van der Waals surface area contributed by atoms with Crippen LogP contribution in [-0.4, -0.2) is 18.3 Å². The maximum Gasteiger partial charge on any atom is 0.131 e. The summed E-state index contributed by atoms with van der Waals surface area (Å²) in [4.78, 5) is 0. The van der Waals surface area contributed by atoms with Crippen LogP contribution in [0.3, 0.4) is 0 Å². The molecule has 1 aromatic rings. The van der Waals surface area contributed by atoms with E-state index in [1.54, 1.807) is 0 Å². The molecule has 0 saturated carbocycles. The highest BCUT2D eigenvalue weighted by molar-refractivity contribution is 5.22. The Kier molecular flexibility index (Phi) is 3.51. The summed E-state index contributed by atoms with van der Waals surface area (Å²) in [5, 5.41) is 9.97. The molecule has 0 bridgehead atoms. The van der Waals surface area contributed by atoms with Crippen LogP contribution in [0, 0.1) is 17.6 Å². The van der Waals surface area contributed by atoms with Crippen LogP contribution < -0.4 is 0 Å². The van der Waals surface area contributed by atoms with Gasteiger partial charge < -0.3 is 9.84 Å². The van der Waals surface area contributed by atoms with Gasteiger partial charge in [-0.3, -0.25) is 0 Å². The molecule has 0 aromatic heterocycles. The van der Waals surface area contributed by atoms with Crippen LogP contribution in [0.5, 0.6) is 0 Å². The molecule has 1 aromatic carbocycles. The third-order valence-corrected chi connectivity index (χ3v) is 3.01. The van der Waals surface area contributed by atoms with E-state index in [2.05, 4.69) is 0 Å². The second-order valence-electron chi connectivity index (χ2n) is 4.03. The van der Waals surface area contributed by atoms with Crippen molar-refractivity contribution in [2.24, 2.45) is 5.92 Å². The highest BCUT2D eigenvalue weighted by Gasteiger charge is 2.27. The van der Waals surface area contributed by atoms with Gasteiger partial charge in [-0.15, -0.1) is 0 Å². The summed E-state index contributed by atoms with van der Waals surface area (Å²) in [7, 11) is 0. The third-order valence-electron chi connectivity index (χ3n) is 3.01. The Balaban J connectivity index is 2.22. The largest absolute Gasteiger partial charge is 0.388 e. The zero-order valence-corrected chi connectivity index (χ0v) is 8.83. The van der Waals surface area contributed by atoms with Crippen molar-refractivity contribution in [1.82, 2.24) is 0 Å². The van der Waals surface area contributed by atoms with Crippen LogP contribution in [0.4, 0.5) is 8.78 Å². The zero-order chi connectivity index (χ0) is 11.5. The molecule has 1 atom stereocenters. The lowest BCUT2D eigenvalue weighted by Crippen LogP contribution is -2.23. The zero-order valence-electron chi connectivity index (χ0n) is 8.83. The van der Waals surface area contributed by atoms with E-state index in [0.29, 0.717) is 26.1 Å².